The van der Waals surface area contributed by atoms with Gasteiger partial charge in [0, 0.05) is 30.9 Å². The second-order valence-electron chi connectivity index (χ2n) is 7.00. The van der Waals surface area contributed by atoms with Gasteiger partial charge in [-0.3, -0.25) is 9.78 Å². The lowest BCUT2D eigenvalue weighted by atomic mass is 9.85. The van der Waals surface area contributed by atoms with Crippen LogP contribution in [0.25, 0.3) is 10.2 Å². The zero-order chi connectivity index (χ0) is 19.2. The Bertz CT molecular complexity index is 1010. The number of fused-ring (bicyclic) bond motifs is 1. The average Bonchev–Trinajstić information content (AvgIpc) is 3.03. The van der Waals surface area contributed by atoms with Crippen LogP contribution in [0, 0.1) is 13.8 Å². The molecular formula is C19H21N5O2S. The van der Waals surface area contributed by atoms with Crippen molar-refractivity contribution >= 4 is 33.1 Å². The highest BCUT2D eigenvalue weighted by atomic mass is 32.1. The number of hydrogen-bond donors (Lipinski definition) is 2. The van der Waals surface area contributed by atoms with Gasteiger partial charge in [0.25, 0.3) is 5.91 Å². The number of aliphatic hydroxyl groups is 1. The predicted molar refractivity (Wildman–Crippen MR) is 105 cm³/mol. The fraction of sp³-hybridized carbons (Fsp3) is 0.368. The fourth-order valence-electron chi connectivity index (χ4n) is 3.57. The van der Waals surface area contributed by atoms with Gasteiger partial charge >= 0.3 is 0 Å². The molecule has 0 aromatic carbocycles. The lowest BCUT2D eigenvalue weighted by molar-refractivity contribution is -0.0210. The van der Waals surface area contributed by atoms with Crippen LogP contribution in [0.5, 0.6) is 0 Å². The number of thiophene rings is 1. The first kappa shape index (κ1) is 17.8. The molecule has 1 fully saturated rings. The topological polar surface area (TPSA) is 105 Å². The van der Waals surface area contributed by atoms with Crippen LogP contribution in [-0.2, 0) is 5.60 Å². The van der Waals surface area contributed by atoms with Crippen LogP contribution in [0.15, 0.2) is 24.5 Å². The maximum Gasteiger partial charge on any atom is 0.266 e. The summed E-state index contributed by atoms with van der Waals surface area (Å²) < 4.78 is 0. The molecule has 0 spiro atoms. The highest BCUT2D eigenvalue weighted by Gasteiger charge is 2.36. The molecule has 0 bridgehead atoms. The lowest BCUT2D eigenvalue weighted by Gasteiger charge is -2.38. The summed E-state index contributed by atoms with van der Waals surface area (Å²) in [5.41, 5.74) is 8.46. The number of rotatable bonds is 2. The van der Waals surface area contributed by atoms with E-state index in [1.54, 1.807) is 17.3 Å². The number of likely N-dealkylation sites (tertiary alicyclic amines) is 1. The molecule has 8 heteroatoms. The molecule has 0 aliphatic carbocycles. The highest BCUT2D eigenvalue weighted by molar-refractivity contribution is 7.21. The molecule has 0 unspecified atom stereocenters. The van der Waals surface area contributed by atoms with E-state index in [4.69, 9.17) is 5.73 Å². The van der Waals surface area contributed by atoms with E-state index in [0.29, 0.717) is 41.3 Å². The van der Waals surface area contributed by atoms with Gasteiger partial charge < -0.3 is 15.7 Å². The third-order valence-electron chi connectivity index (χ3n) is 5.42. The van der Waals surface area contributed by atoms with E-state index in [1.807, 2.05) is 26.0 Å². The standard InChI is InChI=1S/C19H21N5O2S/c1-11-12(2)22-23-17-14(11)15(20)16(27-17)18(25)24-9-5-19(26,6-10-24)13-3-7-21-8-4-13/h3-4,7-8,26H,5-6,9-10,20H2,1-2H3. The van der Waals surface area contributed by atoms with E-state index < -0.39 is 5.60 Å². The number of carbonyl (C=O) groups excluding carboxylic acids is 1. The Kier molecular flexibility index (Phi) is 4.32. The van der Waals surface area contributed by atoms with Gasteiger partial charge in [-0.05, 0) is 49.9 Å². The quantitative estimate of drug-likeness (QED) is 0.704. The first-order valence-corrected chi connectivity index (χ1v) is 9.66. The number of nitrogen functional groups attached to an aromatic ring is 1. The number of pyridine rings is 1. The van der Waals surface area contributed by atoms with Gasteiger partial charge in [-0.25, -0.2) is 0 Å². The SMILES string of the molecule is Cc1nnc2sc(C(=O)N3CCC(O)(c4ccncc4)CC3)c(N)c2c1C. The molecule has 0 atom stereocenters. The van der Waals surface area contributed by atoms with Gasteiger partial charge in [0.2, 0.25) is 0 Å². The van der Waals surface area contributed by atoms with Crippen LogP contribution in [0.2, 0.25) is 0 Å². The molecular weight excluding hydrogens is 362 g/mol. The summed E-state index contributed by atoms with van der Waals surface area (Å²) in [6.45, 7) is 4.76. The molecule has 3 N–H and O–H groups in total. The summed E-state index contributed by atoms with van der Waals surface area (Å²) in [7, 11) is 0. The minimum atomic E-state index is -0.926. The van der Waals surface area contributed by atoms with Crippen LogP contribution in [0.1, 0.15) is 39.3 Å². The molecule has 3 aromatic rings. The maximum atomic E-state index is 13.1. The van der Waals surface area contributed by atoms with Crippen molar-refractivity contribution in [1.82, 2.24) is 20.1 Å². The molecule has 0 saturated carbocycles. The van der Waals surface area contributed by atoms with Gasteiger partial charge in [-0.2, -0.15) is 5.10 Å². The average molecular weight is 383 g/mol. The van der Waals surface area contributed by atoms with Gasteiger partial charge in [-0.1, -0.05) is 0 Å². The number of nitrogens with zero attached hydrogens (tertiary/aromatic N) is 4. The summed E-state index contributed by atoms with van der Waals surface area (Å²) in [4.78, 5) is 20.0. The number of aromatic nitrogens is 3. The molecule has 1 amide bonds. The number of carbonyl (C=O) groups is 1. The smallest absolute Gasteiger partial charge is 0.266 e. The Morgan fingerprint density at radius 2 is 1.89 bits per heavy atom. The zero-order valence-electron chi connectivity index (χ0n) is 15.3. The van der Waals surface area contributed by atoms with E-state index >= 15 is 0 Å². The van der Waals surface area contributed by atoms with E-state index in [-0.39, 0.29) is 5.91 Å². The number of nitrogens with two attached hydrogens (primary N) is 1. The molecule has 3 aromatic heterocycles. The third-order valence-corrected chi connectivity index (χ3v) is 6.50. The second-order valence-corrected chi connectivity index (χ2v) is 7.99. The van der Waals surface area contributed by atoms with Crippen molar-refractivity contribution in [3.8, 4) is 0 Å². The van der Waals surface area contributed by atoms with Gasteiger partial charge in [-0.15, -0.1) is 16.4 Å². The van der Waals surface area contributed by atoms with E-state index in [2.05, 4.69) is 15.2 Å². The first-order valence-electron chi connectivity index (χ1n) is 8.85. The maximum absolute atomic E-state index is 13.1. The molecule has 0 radical (unpaired) electrons. The number of anilines is 1. The summed E-state index contributed by atoms with van der Waals surface area (Å²) in [6.07, 6.45) is 4.30. The van der Waals surface area contributed by atoms with Crippen LogP contribution in [0.3, 0.4) is 0 Å². The molecule has 1 aliphatic rings. The highest BCUT2D eigenvalue weighted by Crippen LogP contribution is 2.37. The minimum Gasteiger partial charge on any atom is -0.397 e. The van der Waals surface area contributed by atoms with Gasteiger partial charge in [0.05, 0.1) is 17.0 Å². The summed E-state index contributed by atoms with van der Waals surface area (Å²) in [5.74, 6) is -0.107. The molecule has 7 nitrogen and oxygen atoms in total. The lowest BCUT2D eigenvalue weighted by Crippen LogP contribution is -2.45. The largest absolute Gasteiger partial charge is 0.397 e. The van der Waals surface area contributed by atoms with Crippen LogP contribution in [-0.4, -0.2) is 44.2 Å². The van der Waals surface area contributed by atoms with E-state index in [0.717, 1.165) is 22.2 Å². The summed E-state index contributed by atoms with van der Waals surface area (Å²) >= 11 is 1.28. The van der Waals surface area contributed by atoms with Crippen LogP contribution in [0.4, 0.5) is 5.69 Å². The normalized spacial score (nSPS) is 16.6. The van der Waals surface area contributed by atoms with Crippen molar-refractivity contribution in [3.63, 3.8) is 0 Å². The predicted octanol–water partition coefficient (Wildman–Crippen LogP) is 2.41. The van der Waals surface area contributed by atoms with Crippen LogP contribution < -0.4 is 5.73 Å². The van der Waals surface area contributed by atoms with Crippen LogP contribution >= 0.6 is 11.3 Å². The molecule has 27 heavy (non-hydrogen) atoms. The van der Waals surface area contributed by atoms with Crippen molar-refractivity contribution in [3.05, 3.63) is 46.2 Å². The fourth-order valence-corrected chi connectivity index (χ4v) is 4.64. The minimum absolute atomic E-state index is 0.107. The molecule has 1 aliphatic heterocycles. The van der Waals surface area contributed by atoms with E-state index in [1.165, 1.54) is 11.3 Å². The Hall–Kier alpha value is -2.58. The third kappa shape index (κ3) is 2.94. The molecule has 4 rings (SSSR count). The number of amides is 1. The summed E-state index contributed by atoms with van der Waals surface area (Å²) in [5, 5.41) is 20.1. The molecule has 140 valence electrons. The number of piperidine rings is 1. The van der Waals surface area contributed by atoms with Gasteiger partial charge in [0.15, 0.2) is 0 Å². The summed E-state index contributed by atoms with van der Waals surface area (Å²) in [6, 6.07) is 3.65. The Balaban J connectivity index is 1.58. The van der Waals surface area contributed by atoms with Crippen molar-refractivity contribution in [1.29, 1.82) is 0 Å². The van der Waals surface area contributed by atoms with Gasteiger partial charge in [0.1, 0.15) is 9.71 Å². The second kappa shape index (κ2) is 6.54. The van der Waals surface area contributed by atoms with Crippen molar-refractivity contribution in [2.45, 2.75) is 32.3 Å². The van der Waals surface area contributed by atoms with E-state index in [9.17, 15) is 9.90 Å². The number of aryl methyl sites for hydroxylation is 2. The Labute approximate surface area is 160 Å². The van der Waals surface area contributed by atoms with Crippen molar-refractivity contribution in [2.24, 2.45) is 0 Å². The zero-order valence-corrected chi connectivity index (χ0v) is 16.1. The van der Waals surface area contributed by atoms with Crippen molar-refractivity contribution < 1.29 is 9.90 Å². The Morgan fingerprint density at radius 3 is 2.56 bits per heavy atom. The Morgan fingerprint density at radius 1 is 1.22 bits per heavy atom. The number of hydrogen-bond acceptors (Lipinski definition) is 7. The molecule has 1 saturated heterocycles. The monoisotopic (exact) mass is 383 g/mol. The first-order chi connectivity index (χ1) is 12.9. The van der Waals surface area contributed by atoms with Crippen molar-refractivity contribution in [2.75, 3.05) is 18.8 Å². The molecule has 4 heterocycles.